The minimum atomic E-state index is -0.856. The number of benzene rings is 1. The van der Waals surface area contributed by atoms with E-state index in [0.717, 1.165) is 38.5 Å². The number of esters is 1. The highest BCUT2D eigenvalue weighted by Gasteiger charge is 2.61. The molecule has 4 aliphatic rings. The van der Waals surface area contributed by atoms with Gasteiger partial charge in [0.15, 0.2) is 6.10 Å². The van der Waals surface area contributed by atoms with Crippen LogP contribution < -0.4 is 5.32 Å². The summed E-state index contributed by atoms with van der Waals surface area (Å²) in [6.45, 7) is 3.69. The number of hydrogen-bond acceptors (Lipinski definition) is 4. The Balaban J connectivity index is 1.39. The summed E-state index contributed by atoms with van der Waals surface area (Å²) >= 11 is 0. The van der Waals surface area contributed by atoms with E-state index in [-0.39, 0.29) is 11.9 Å². The van der Waals surface area contributed by atoms with Crippen LogP contribution >= 0.6 is 0 Å². The highest BCUT2D eigenvalue weighted by molar-refractivity contribution is 5.95. The molecule has 0 heterocycles. The van der Waals surface area contributed by atoms with E-state index >= 15 is 0 Å². The Morgan fingerprint density at radius 1 is 1.19 bits per heavy atom. The molecule has 5 rings (SSSR count). The van der Waals surface area contributed by atoms with Crippen LogP contribution in [0.4, 0.5) is 5.69 Å². The summed E-state index contributed by atoms with van der Waals surface area (Å²) in [5, 5.41) is 13.6. The van der Waals surface area contributed by atoms with Crippen LogP contribution in [0, 0.1) is 17.3 Å². The molecule has 5 atom stereocenters. The first-order valence-corrected chi connectivity index (χ1v) is 10.1. The molecule has 5 heteroatoms. The second-order valence-electron chi connectivity index (χ2n) is 9.05. The minimum absolute atomic E-state index is 0.306. The Kier molecular flexibility index (Phi) is 4.53. The summed E-state index contributed by atoms with van der Waals surface area (Å²) in [5.74, 6) is 0.185. The number of ether oxygens (including phenoxy) is 1. The molecule has 1 aromatic carbocycles. The molecule has 27 heavy (non-hydrogen) atoms. The van der Waals surface area contributed by atoms with Gasteiger partial charge in [0.2, 0.25) is 0 Å². The van der Waals surface area contributed by atoms with Gasteiger partial charge in [0.25, 0.3) is 5.91 Å². The van der Waals surface area contributed by atoms with Crippen molar-refractivity contribution in [2.24, 2.45) is 17.3 Å². The number of aryl methyl sites for hydroxylation is 1. The maximum atomic E-state index is 13.0. The zero-order chi connectivity index (χ0) is 19.2. The van der Waals surface area contributed by atoms with Crippen molar-refractivity contribution in [3.05, 3.63) is 29.8 Å². The van der Waals surface area contributed by atoms with Gasteiger partial charge in [-0.25, -0.2) is 0 Å². The molecule has 1 amide bonds. The number of aliphatic hydroxyl groups is 1. The molecule has 0 spiro atoms. The summed E-state index contributed by atoms with van der Waals surface area (Å²) < 4.78 is 5.60. The van der Waals surface area contributed by atoms with Gasteiger partial charge in [-0.1, -0.05) is 19.1 Å². The van der Waals surface area contributed by atoms with Crippen LogP contribution in [0.3, 0.4) is 0 Å². The molecule has 0 aromatic heterocycles. The maximum absolute atomic E-state index is 13.0. The van der Waals surface area contributed by atoms with E-state index in [0.29, 0.717) is 23.9 Å². The molecule has 2 unspecified atom stereocenters. The predicted octanol–water partition coefficient (Wildman–Crippen LogP) is 3.45. The molecular weight excluding hydrogens is 342 g/mol. The smallest absolute Gasteiger partial charge is 0.312 e. The fourth-order valence-electron chi connectivity index (χ4n) is 5.86. The molecule has 2 N–H and O–H groups in total. The normalized spacial score (nSPS) is 34.9. The minimum Gasteiger partial charge on any atom is -0.452 e. The van der Waals surface area contributed by atoms with E-state index in [1.54, 1.807) is 6.92 Å². The number of hydrogen-bond donors (Lipinski definition) is 2. The van der Waals surface area contributed by atoms with Crippen molar-refractivity contribution in [3.63, 3.8) is 0 Å². The van der Waals surface area contributed by atoms with Crippen molar-refractivity contribution in [1.82, 2.24) is 0 Å². The summed E-state index contributed by atoms with van der Waals surface area (Å²) in [5.41, 5.74) is 0.586. The van der Waals surface area contributed by atoms with Crippen LogP contribution in [-0.4, -0.2) is 28.7 Å². The molecule has 0 saturated heterocycles. The van der Waals surface area contributed by atoms with Gasteiger partial charge in [-0.2, -0.15) is 0 Å². The predicted molar refractivity (Wildman–Crippen MR) is 102 cm³/mol. The first-order valence-electron chi connectivity index (χ1n) is 10.1. The van der Waals surface area contributed by atoms with Crippen LogP contribution in [0.1, 0.15) is 57.9 Å². The van der Waals surface area contributed by atoms with E-state index in [4.69, 9.17) is 4.74 Å². The SMILES string of the molecule is CCc1ccc(NC(=O)[C@@H](C)OC(=O)C23C[C@@H]4C[C@@H](CC(O)(C4)C2)C3)cc1. The highest BCUT2D eigenvalue weighted by Crippen LogP contribution is 2.62. The average molecular weight is 371 g/mol. The van der Waals surface area contributed by atoms with E-state index in [1.165, 1.54) is 5.56 Å². The Morgan fingerprint density at radius 3 is 2.37 bits per heavy atom. The number of nitrogens with one attached hydrogen (secondary N) is 1. The molecular formula is C22H29NO4. The highest BCUT2D eigenvalue weighted by atomic mass is 16.5. The van der Waals surface area contributed by atoms with E-state index < -0.39 is 17.1 Å². The molecule has 1 aromatic rings. The second kappa shape index (κ2) is 6.62. The lowest BCUT2D eigenvalue weighted by Crippen LogP contribution is -2.59. The molecule has 4 saturated carbocycles. The maximum Gasteiger partial charge on any atom is 0.312 e. The molecule has 146 valence electrons. The topological polar surface area (TPSA) is 75.6 Å². The fraction of sp³-hybridized carbons (Fsp3) is 0.636. The molecule has 0 radical (unpaired) electrons. The van der Waals surface area contributed by atoms with Gasteiger partial charge in [-0.15, -0.1) is 0 Å². The van der Waals surface area contributed by atoms with E-state index in [2.05, 4.69) is 12.2 Å². The largest absolute Gasteiger partial charge is 0.452 e. The summed E-state index contributed by atoms with van der Waals surface area (Å²) in [6, 6.07) is 7.67. The van der Waals surface area contributed by atoms with Crippen LogP contribution in [0.2, 0.25) is 0 Å². The van der Waals surface area contributed by atoms with Gasteiger partial charge in [0, 0.05) is 5.69 Å². The van der Waals surface area contributed by atoms with Gasteiger partial charge < -0.3 is 15.2 Å². The second-order valence-corrected chi connectivity index (χ2v) is 9.05. The van der Waals surface area contributed by atoms with Gasteiger partial charge in [-0.3, -0.25) is 9.59 Å². The number of anilines is 1. The summed E-state index contributed by atoms with van der Waals surface area (Å²) in [4.78, 5) is 25.4. The van der Waals surface area contributed by atoms with Crippen LogP contribution in [0.5, 0.6) is 0 Å². The first kappa shape index (κ1) is 18.5. The van der Waals surface area contributed by atoms with Gasteiger partial charge >= 0.3 is 5.97 Å². The standard InChI is InChI=1S/C22H29NO4/c1-3-15-4-6-18(7-5-15)23-19(24)14(2)27-20(25)21-9-16-8-17(10-21)12-22(26,11-16)13-21/h4-7,14,16-17,26H,3,8-13H2,1-2H3,(H,23,24)/t14-,16-,17+,21?,22?/m1/s1. The van der Waals surface area contributed by atoms with Crippen molar-refractivity contribution in [2.45, 2.75) is 70.5 Å². The zero-order valence-corrected chi connectivity index (χ0v) is 16.2. The Morgan fingerprint density at radius 2 is 1.81 bits per heavy atom. The van der Waals surface area contributed by atoms with Gasteiger partial charge in [0.05, 0.1) is 11.0 Å². The Bertz CT molecular complexity index is 727. The van der Waals surface area contributed by atoms with Crippen molar-refractivity contribution < 1.29 is 19.4 Å². The quantitative estimate of drug-likeness (QED) is 0.778. The summed E-state index contributed by atoms with van der Waals surface area (Å²) in [7, 11) is 0. The van der Waals surface area contributed by atoms with Crippen molar-refractivity contribution in [1.29, 1.82) is 0 Å². The van der Waals surface area contributed by atoms with Gasteiger partial charge in [0.1, 0.15) is 0 Å². The van der Waals surface area contributed by atoms with E-state index in [9.17, 15) is 14.7 Å². The molecule has 4 fully saturated rings. The molecule has 4 bridgehead atoms. The van der Waals surface area contributed by atoms with Crippen molar-refractivity contribution in [2.75, 3.05) is 5.32 Å². The average Bonchev–Trinajstić information content (AvgIpc) is 2.60. The van der Waals surface area contributed by atoms with Crippen LogP contribution in [-0.2, 0) is 20.7 Å². The third kappa shape index (κ3) is 3.49. The van der Waals surface area contributed by atoms with Gasteiger partial charge in [-0.05, 0) is 81.4 Å². The van der Waals surface area contributed by atoms with Crippen molar-refractivity contribution >= 4 is 17.6 Å². The molecule has 4 aliphatic carbocycles. The molecule has 5 nitrogen and oxygen atoms in total. The number of amides is 1. The van der Waals surface area contributed by atoms with Crippen LogP contribution in [0.25, 0.3) is 0 Å². The number of carbonyl (C=O) groups excluding carboxylic acids is 2. The van der Waals surface area contributed by atoms with Crippen LogP contribution in [0.15, 0.2) is 24.3 Å². The molecule has 0 aliphatic heterocycles. The Labute approximate surface area is 160 Å². The lowest BCUT2D eigenvalue weighted by molar-refractivity contribution is -0.199. The monoisotopic (exact) mass is 371 g/mol. The third-order valence-electron chi connectivity index (χ3n) is 6.75. The van der Waals surface area contributed by atoms with E-state index in [1.807, 2.05) is 24.3 Å². The fourth-order valence-corrected chi connectivity index (χ4v) is 5.86. The lowest BCUT2D eigenvalue weighted by Gasteiger charge is -2.58. The third-order valence-corrected chi connectivity index (χ3v) is 6.75. The zero-order valence-electron chi connectivity index (χ0n) is 16.2. The number of carbonyl (C=O) groups is 2. The first-order chi connectivity index (χ1) is 12.8. The summed E-state index contributed by atoms with van der Waals surface area (Å²) in [6.07, 6.45) is 4.88. The lowest BCUT2D eigenvalue weighted by atomic mass is 9.48. The van der Waals surface area contributed by atoms with Crippen molar-refractivity contribution in [3.8, 4) is 0 Å². The number of rotatable bonds is 5. The Hall–Kier alpha value is -1.88.